The zero-order valence-corrected chi connectivity index (χ0v) is 10.4. The molecule has 0 aliphatic heterocycles. The topological polar surface area (TPSA) is 17.1 Å². The Kier molecular flexibility index (Phi) is 4.89. The molecule has 0 unspecified atom stereocenters. The number of Topliss-reactive ketones (excluding diaryl/α,β-unsaturated/α-hetero) is 1. The van der Waals surface area contributed by atoms with E-state index in [-0.39, 0.29) is 11.7 Å². The van der Waals surface area contributed by atoms with E-state index in [1.165, 1.54) is 4.90 Å². The molecule has 0 aliphatic rings. The monoisotopic (exact) mass is 222 g/mol. The standard InChI is InChI=1S/C13H18OS/c1-4-10(5-2)13(14)11-6-8-12(15-3)9-7-11/h6-10H,4-5H2,1-3H3. The Morgan fingerprint density at radius 3 is 2.13 bits per heavy atom. The highest BCUT2D eigenvalue weighted by atomic mass is 32.2. The summed E-state index contributed by atoms with van der Waals surface area (Å²) in [6, 6.07) is 7.90. The predicted molar refractivity (Wildman–Crippen MR) is 66.6 cm³/mol. The number of carbonyl (C=O) groups is 1. The van der Waals surface area contributed by atoms with Gasteiger partial charge in [-0.15, -0.1) is 11.8 Å². The Hall–Kier alpha value is -0.760. The fraction of sp³-hybridized carbons (Fsp3) is 0.462. The first kappa shape index (κ1) is 12.3. The summed E-state index contributed by atoms with van der Waals surface area (Å²) >= 11 is 1.70. The van der Waals surface area contributed by atoms with Crippen molar-refractivity contribution in [3.05, 3.63) is 29.8 Å². The second kappa shape index (κ2) is 5.96. The zero-order valence-electron chi connectivity index (χ0n) is 9.62. The first-order valence-corrected chi connectivity index (χ1v) is 6.63. The van der Waals surface area contributed by atoms with E-state index in [0.717, 1.165) is 18.4 Å². The van der Waals surface area contributed by atoms with Gasteiger partial charge in [0.2, 0.25) is 0 Å². The minimum Gasteiger partial charge on any atom is -0.294 e. The van der Waals surface area contributed by atoms with Crippen LogP contribution in [0.5, 0.6) is 0 Å². The lowest BCUT2D eigenvalue weighted by molar-refractivity contribution is 0.0913. The number of hydrogen-bond acceptors (Lipinski definition) is 2. The predicted octanol–water partition coefficient (Wildman–Crippen LogP) is 4.03. The Balaban J connectivity index is 2.82. The average molecular weight is 222 g/mol. The normalized spacial score (nSPS) is 10.7. The van der Waals surface area contributed by atoms with Crippen molar-refractivity contribution in [2.45, 2.75) is 31.6 Å². The van der Waals surface area contributed by atoms with Crippen LogP contribution in [0.1, 0.15) is 37.0 Å². The van der Waals surface area contributed by atoms with Crippen LogP contribution in [0.4, 0.5) is 0 Å². The minimum atomic E-state index is 0.185. The van der Waals surface area contributed by atoms with Gasteiger partial charge in [0.05, 0.1) is 0 Å². The second-order valence-corrected chi connectivity index (χ2v) is 4.49. The maximum atomic E-state index is 12.0. The van der Waals surface area contributed by atoms with Gasteiger partial charge in [-0.05, 0) is 31.2 Å². The molecule has 0 N–H and O–H groups in total. The smallest absolute Gasteiger partial charge is 0.165 e. The van der Waals surface area contributed by atoms with Crippen LogP contribution in [-0.4, -0.2) is 12.0 Å². The molecule has 0 amide bonds. The highest BCUT2D eigenvalue weighted by molar-refractivity contribution is 7.98. The first-order chi connectivity index (χ1) is 7.22. The van der Waals surface area contributed by atoms with Gasteiger partial charge in [-0.3, -0.25) is 4.79 Å². The molecular formula is C13H18OS. The van der Waals surface area contributed by atoms with E-state index >= 15 is 0 Å². The molecule has 0 atom stereocenters. The Morgan fingerprint density at radius 2 is 1.73 bits per heavy atom. The van der Waals surface area contributed by atoms with Crippen molar-refractivity contribution in [3.63, 3.8) is 0 Å². The molecular weight excluding hydrogens is 204 g/mol. The molecule has 0 saturated heterocycles. The third-order valence-corrected chi connectivity index (χ3v) is 3.47. The van der Waals surface area contributed by atoms with Crippen LogP contribution < -0.4 is 0 Å². The molecule has 0 bridgehead atoms. The first-order valence-electron chi connectivity index (χ1n) is 5.41. The summed E-state index contributed by atoms with van der Waals surface area (Å²) in [4.78, 5) is 13.2. The van der Waals surface area contributed by atoms with Crippen molar-refractivity contribution in [1.29, 1.82) is 0 Å². The maximum Gasteiger partial charge on any atom is 0.165 e. The van der Waals surface area contributed by atoms with Crippen molar-refractivity contribution in [2.75, 3.05) is 6.26 Å². The molecule has 1 rings (SSSR count). The summed E-state index contributed by atoms with van der Waals surface area (Å²) in [6.07, 6.45) is 3.90. The molecule has 1 aromatic carbocycles. The van der Waals surface area contributed by atoms with Crippen LogP contribution in [0, 0.1) is 5.92 Å². The van der Waals surface area contributed by atoms with Gasteiger partial charge in [0, 0.05) is 16.4 Å². The lowest BCUT2D eigenvalue weighted by atomic mass is 9.93. The second-order valence-electron chi connectivity index (χ2n) is 3.61. The third-order valence-electron chi connectivity index (χ3n) is 2.73. The molecule has 15 heavy (non-hydrogen) atoms. The van der Waals surface area contributed by atoms with E-state index < -0.39 is 0 Å². The van der Waals surface area contributed by atoms with Crippen LogP contribution in [-0.2, 0) is 0 Å². The molecule has 1 aromatic rings. The zero-order chi connectivity index (χ0) is 11.3. The van der Waals surface area contributed by atoms with Gasteiger partial charge in [0.15, 0.2) is 5.78 Å². The number of benzene rings is 1. The summed E-state index contributed by atoms with van der Waals surface area (Å²) in [6.45, 7) is 4.14. The van der Waals surface area contributed by atoms with Crippen LogP contribution in [0.2, 0.25) is 0 Å². The molecule has 1 nitrogen and oxygen atoms in total. The molecule has 0 saturated carbocycles. The van der Waals surface area contributed by atoms with E-state index in [2.05, 4.69) is 13.8 Å². The van der Waals surface area contributed by atoms with Gasteiger partial charge in [-0.25, -0.2) is 0 Å². The molecule has 82 valence electrons. The van der Waals surface area contributed by atoms with Crippen molar-refractivity contribution < 1.29 is 4.79 Å². The van der Waals surface area contributed by atoms with Gasteiger partial charge in [0.1, 0.15) is 0 Å². The summed E-state index contributed by atoms with van der Waals surface area (Å²) in [5.41, 5.74) is 0.849. The number of ketones is 1. The lowest BCUT2D eigenvalue weighted by Gasteiger charge is -2.10. The number of hydrogen-bond donors (Lipinski definition) is 0. The summed E-state index contributed by atoms with van der Waals surface area (Å²) in [5, 5.41) is 0. The van der Waals surface area contributed by atoms with E-state index in [4.69, 9.17) is 0 Å². The van der Waals surface area contributed by atoms with Gasteiger partial charge in [0.25, 0.3) is 0 Å². The number of thioether (sulfide) groups is 1. The Labute approximate surface area is 96.3 Å². The van der Waals surface area contributed by atoms with Gasteiger partial charge < -0.3 is 0 Å². The van der Waals surface area contributed by atoms with Crippen molar-refractivity contribution in [3.8, 4) is 0 Å². The fourth-order valence-corrected chi connectivity index (χ4v) is 2.06. The van der Waals surface area contributed by atoms with Crippen LogP contribution >= 0.6 is 11.8 Å². The van der Waals surface area contributed by atoms with Crippen molar-refractivity contribution in [1.82, 2.24) is 0 Å². The molecule has 2 heteroatoms. The number of rotatable bonds is 5. The molecule has 0 aromatic heterocycles. The van der Waals surface area contributed by atoms with Crippen molar-refractivity contribution in [2.24, 2.45) is 5.92 Å². The van der Waals surface area contributed by atoms with E-state index in [1.807, 2.05) is 30.5 Å². The minimum absolute atomic E-state index is 0.185. The van der Waals surface area contributed by atoms with E-state index in [1.54, 1.807) is 11.8 Å². The van der Waals surface area contributed by atoms with Crippen LogP contribution in [0.15, 0.2) is 29.2 Å². The molecule has 0 spiro atoms. The van der Waals surface area contributed by atoms with Gasteiger partial charge in [-0.1, -0.05) is 26.0 Å². The van der Waals surface area contributed by atoms with Crippen molar-refractivity contribution >= 4 is 17.5 Å². The Morgan fingerprint density at radius 1 is 1.20 bits per heavy atom. The maximum absolute atomic E-state index is 12.0. The fourth-order valence-electron chi connectivity index (χ4n) is 1.65. The third kappa shape index (κ3) is 3.10. The van der Waals surface area contributed by atoms with E-state index in [9.17, 15) is 4.79 Å². The molecule has 0 radical (unpaired) electrons. The summed E-state index contributed by atoms with van der Waals surface area (Å²) in [5.74, 6) is 0.470. The van der Waals surface area contributed by atoms with Gasteiger partial charge in [-0.2, -0.15) is 0 Å². The summed E-state index contributed by atoms with van der Waals surface area (Å²) in [7, 11) is 0. The highest BCUT2D eigenvalue weighted by Crippen LogP contribution is 2.19. The van der Waals surface area contributed by atoms with Crippen LogP contribution in [0.25, 0.3) is 0 Å². The quantitative estimate of drug-likeness (QED) is 0.552. The van der Waals surface area contributed by atoms with E-state index in [0.29, 0.717) is 0 Å². The van der Waals surface area contributed by atoms with Crippen LogP contribution in [0.3, 0.4) is 0 Å². The lowest BCUT2D eigenvalue weighted by Crippen LogP contribution is -2.12. The number of carbonyl (C=O) groups excluding carboxylic acids is 1. The van der Waals surface area contributed by atoms with Gasteiger partial charge >= 0.3 is 0 Å². The summed E-state index contributed by atoms with van der Waals surface area (Å²) < 4.78 is 0. The Bertz CT molecular complexity index is 312. The SMILES string of the molecule is CCC(CC)C(=O)c1ccc(SC)cc1. The molecule has 0 heterocycles. The largest absolute Gasteiger partial charge is 0.294 e. The highest BCUT2D eigenvalue weighted by Gasteiger charge is 2.15. The molecule has 0 aliphatic carbocycles. The molecule has 0 fully saturated rings. The average Bonchev–Trinajstić information content (AvgIpc) is 2.30.